The third kappa shape index (κ3) is 4.99. The molecule has 194 valence electrons. The second-order valence-corrected chi connectivity index (χ2v) is 9.47. The lowest BCUT2D eigenvalue weighted by atomic mass is 10.0. The Labute approximate surface area is 213 Å². The summed E-state index contributed by atoms with van der Waals surface area (Å²) in [6.45, 7) is 4.12. The van der Waals surface area contributed by atoms with Gasteiger partial charge in [-0.1, -0.05) is 36.4 Å². The number of nitrogens with zero attached hydrogens (tertiary/aromatic N) is 2. The fraction of sp³-hybridized carbons (Fsp3) is 0.346. The van der Waals surface area contributed by atoms with E-state index in [0.29, 0.717) is 66.6 Å². The molecule has 2 aromatic carbocycles. The smallest absolute Gasteiger partial charge is 0.333 e. The van der Waals surface area contributed by atoms with Crippen molar-refractivity contribution in [2.75, 3.05) is 44.8 Å². The van der Waals surface area contributed by atoms with E-state index in [4.69, 9.17) is 4.74 Å². The van der Waals surface area contributed by atoms with Crippen molar-refractivity contribution >= 4 is 17.5 Å². The topological polar surface area (TPSA) is 152 Å². The Hall–Kier alpha value is -3.61. The number of rotatable bonds is 8. The zero-order valence-electron chi connectivity index (χ0n) is 20.5. The van der Waals surface area contributed by atoms with Crippen molar-refractivity contribution in [3.8, 4) is 22.5 Å². The van der Waals surface area contributed by atoms with Crippen molar-refractivity contribution in [1.82, 2.24) is 25.9 Å². The maximum atomic E-state index is 13.6. The highest BCUT2D eigenvalue weighted by Crippen LogP contribution is 2.42. The highest BCUT2D eigenvalue weighted by atomic mass is 16.5. The van der Waals surface area contributed by atoms with Gasteiger partial charge in [0, 0.05) is 30.8 Å². The Kier molecular flexibility index (Phi) is 7.04. The molecule has 0 radical (unpaired) electrons. The first-order valence-electron chi connectivity index (χ1n) is 12.2. The fourth-order valence-corrected chi connectivity index (χ4v) is 4.43. The van der Waals surface area contributed by atoms with Gasteiger partial charge in [-0.3, -0.25) is 15.3 Å². The molecular formula is C26H30N6O5. The van der Waals surface area contributed by atoms with Crippen LogP contribution in [0.3, 0.4) is 0 Å². The van der Waals surface area contributed by atoms with Gasteiger partial charge in [-0.05, 0) is 18.6 Å². The number of benzene rings is 2. The maximum absolute atomic E-state index is 13.6. The number of anilines is 1. The lowest BCUT2D eigenvalue weighted by molar-refractivity contribution is 0.0207. The third-order valence-electron chi connectivity index (χ3n) is 6.72. The number of fused-ring (bicyclic) bond motifs is 3. The predicted molar refractivity (Wildman–Crippen MR) is 137 cm³/mol. The van der Waals surface area contributed by atoms with Crippen LogP contribution < -0.4 is 16.1 Å². The minimum atomic E-state index is -0.772. The van der Waals surface area contributed by atoms with Crippen molar-refractivity contribution in [2.45, 2.75) is 19.0 Å². The van der Waals surface area contributed by atoms with Gasteiger partial charge in [-0.2, -0.15) is 5.10 Å². The molecule has 1 aliphatic heterocycles. The quantitative estimate of drug-likeness (QED) is 0.210. The van der Waals surface area contributed by atoms with Gasteiger partial charge in [0.05, 0.1) is 54.5 Å². The van der Waals surface area contributed by atoms with Gasteiger partial charge in [0.2, 0.25) is 0 Å². The molecular weight excluding hydrogens is 476 g/mol. The number of aliphatic hydroxyl groups excluding tert-OH is 2. The van der Waals surface area contributed by atoms with E-state index in [0.717, 1.165) is 11.1 Å². The summed E-state index contributed by atoms with van der Waals surface area (Å²) < 4.78 is 5.30. The molecule has 2 amide bonds. The predicted octanol–water partition coefficient (Wildman–Crippen LogP) is 1.49. The minimum Gasteiger partial charge on any atom is -0.394 e. The zero-order chi connectivity index (χ0) is 26.0. The molecule has 1 fully saturated rings. The molecule has 11 heteroatoms. The minimum absolute atomic E-state index is 0.184. The summed E-state index contributed by atoms with van der Waals surface area (Å²) >= 11 is 0. The van der Waals surface area contributed by atoms with Crippen LogP contribution in [0.4, 0.5) is 10.5 Å². The number of nitrogens with one attached hydrogen (secondary N) is 4. The van der Waals surface area contributed by atoms with Gasteiger partial charge in [0.25, 0.3) is 0 Å². The summed E-state index contributed by atoms with van der Waals surface area (Å²) in [5.74, 6) is -0.205. The Balaban J connectivity index is 1.34. The first kappa shape index (κ1) is 25.1. The first-order valence-corrected chi connectivity index (χ1v) is 12.2. The number of morpholine rings is 1. The van der Waals surface area contributed by atoms with Gasteiger partial charge in [-0.15, -0.1) is 0 Å². The van der Waals surface area contributed by atoms with E-state index in [2.05, 4.69) is 26.3 Å². The second-order valence-electron chi connectivity index (χ2n) is 9.47. The molecule has 5 rings (SSSR count). The van der Waals surface area contributed by atoms with Gasteiger partial charge >= 0.3 is 6.03 Å². The first-order chi connectivity index (χ1) is 17.9. The zero-order valence-corrected chi connectivity index (χ0v) is 20.5. The van der Waals surface area contributed by atoms with Crippen LogP contribution >= 0.6 is 0 Å². The normalized spacial score (nSPS) is 15.4. The molecule has 2 aliphatic rings. The van der Waals surface area contributed by atoms with Crippen LogP contribution in [0.25, 0.3) is 22.5 Å². The van der Waals surface area contributed by atoms with Crippen molar-refractivity contribution in [3.63, 3.8) is 0 Å². The monoisotopic (exact) mass is 506 g/mol. The summed E-state index contributed by atoms with van der Waals surface area (Å²) in [5, 5.41) is 34.1. The number of hydrazine groups is 1. The van der Waals surface area contributed by atoms with Crippen LogP contribution in [0.2, 0.25) is 0 Å². The van der Waals surface area contributed by atoms with E-state index >= 15 is 0 Å². The summed E-state index contributed by atoms with van der Waals surface area (Å²) in [7, 11) is 0. The summed E-state index contributed by atoms with van der Waals surface area (Å²) in [6, 6.07) is 12.5. The Morgan fingerprint density at radius 2 is 1.84 bits per heavy atom. The number of carbonyl (C=O) groups excluding carboxylic acids is 2. The van der Waals surface area contributed by atoms with E-state index in [1.165, 1.54) is 0 Å². The maximum Gasteiger partial charge on any atom is 0.333 e. The molecule has 0 spiro atoms. The van der Waals surface area contributed by atoms with Crippen molar-refractivity contribution in [3.05, 3.63) is 59.2 Å². The molecule has 3 aromatic rings. The number of aromatic amines is 1. The number of amides is 2. The lowest BCUT2D eigenvalue weighted by Gasteiger charge is -2.27. The molecule has 1 saturated heterocycles. The van der Waals surface area contributed by atoms with Crippen LogP contribution in [0.5, 0.6) is 0 Å². The van der Waals surface area contributed by atoms with Crippen LogP contribution in [0, 0.1) is 0 Å². The van der Waals surface area contributed by atoms with Crippen molar-refractivity contribution in [2.24, 2.45) is 0 Å². The van der Waals surface area contributed by atoms with Crippen molar-refractivity contribution in [1.29, 1.82) is 0 Å². The number of hydrogen-bond donors (Lipinski definition) is 6. The lowest BCUT2D eigenvalue weighted by Crippen LogP contribution is -2.49. The number of hydrogen-bond acceptors (Lipinski definition) is 8. The van der Waals surface area contributed by atoms with E-state index < -0.39 is 11.6 Å². The van der Waals surface area contributed by atoms with E-state index in [1.807, 2.05) is 30.3 Å². The largest absolute Gasteiger partial charge is 0.394 e. The Morgan fingerprint density at radius 3 is 2.54 bits per heavy atom. The molecule has 0 unspecified atom stereocenters. The summed E-state index contributed by atoms with van der Waals surface area (Å²) in [6.07, 6.45) is 0. The summed E-state index contributed by atoms with van der Waals surface area (Å²) in [4.78, 5) is 26.2. The molecule has 2 heterocycles. The average molecular weight is 507 g/mol. The molecule has 6 N–H and O–H groups in total. The van der Waals surface area contributed by atoms with Gasteiger partial charge in [-0.25, -0.2) is 9.80 Å². The highest BCUT2D eigenvalue weighted by Gasteiger charge is 2.35. The molecule has 1 aliphatic carbocycles. The standard InChI is InChI=1S/C26H30N6O5/c1-26(14-33,15-34)27-13-16-5-7-17(8-6-16)22-21-23(30-29-22)18-3-2-4-19(20(18)24(21)35)28-25(36)31-32-9-11-37-12-10-32/h2-8,27,33-34H,9-15H2,1H3,(H,29,30)(H2,28,31,36). The number of carbonyl (C=O) groups is 2. The number of aromatic nitrogens is 2. The highest BCUT2D eigenvalue weighted by molar-refractivity contribution is 6.26. The van der Waals surface area contributed by atoms with E-state index in [-0.39, 0.29) is 19.0 Å². The van der Waals surface area contributed by atoms with E-state index in [9.17, 15) is 19.8 Å². The van der Waals surface area contributed by atoms with Crippen LogP contribution in [0.1, 0.15) is 28.4 Å². The average Bonchev–Trinajstić information content (AvgIpc) is 3.48. The van der Waals surface area contributed by atoms with Gasteiger partial charge < -0.3 is 25.6 Å². The second kappa shape index (κ2) is 10.4. The number of urea groups is 1. The Morgan fingerprint density at radius 1 is 1.11 bits per heavy atom. The van der Waals surface area contributed by atoms with E-state index in [1.54, 1.807) is 24.1 Å². The van der Waals surface area contributed by atoms with Gasteiger partial charge in [0.15, 0.2) is 5.78 Å². The molecule has 0 atom stereocenters. The Bertz CT molecular complexity index is 1300. The van der Waals surface area contributed by atoms with Crippen molar-refractivity contribution < 1.29 is 24.5 Å². The van der Waals surface area contributed by atoms with Crippen LogP contribution in [0.15, 0.2) is 42.5 Å². The molecule has 1 aromatic heterocycles. The fourth-order valence-electron chi connectivity index (χ4n) is 4.43. The number of ketones is 1. The SMILES string of the molecule is CC(CO)(CO)NCc1ccc(-c2[nH]nc3c2C(=O)c2c(NC(=O)NN4CCOCC4)cccc2-3)cc1. The number of ether oxygens (including phenoxy) is 1. The molecule has 11 nitrogen and oxygen atoms in total. The van der Waals surface area contributed by atoms with Crippen LogP contribution in [-0.2, 0) is 11.3 Å². The number of H-pyrrole nitrogens is 1. The summed E-state index contributed by atoms with van der Waals surface area (Å²) in [5.41, 5.74) is 6.92. The molecule has 37 heavy (non-hydrogen) atoms. The third-order valence-corrected chi connectivity index (χ3v) is 6.72. The van der Waals surface area contributed by atoms with Gasteiger partial charge in [0.1, 0.15) is 5.69 Å². The number of aliphatic hydroxyl groups is 2. The van der Waals surface area contributed by atoms with Crippen LogP contribution in [-0.4, -0.2) is 82.3 Å². The molecule has 0 saturated carbocycles. The molecule has 0 bridgehead atoms.